The molecule has 0 saturated carbocycles. The Bertz CT molecular complexity index is 307. The molecule has 3 heteroatoms. The molecule has 0 N–H and O–H groups in total. The highest BCUT2D eigenvalue weighted by Gasteiger charge is 2.18. The molecule has 0 spiro atoms. The second-order valence-corrected chi connectivity index (χ2v) is 3.41. The van der Waals surface area contributed by atoms with Gasteiger partial charge >= 0.3 is 5.82 Å². The summed E-state index contributed by atoms with van der Waals surface area (Å²) < 4.78 is 9.68. The van der Waals surface area contributed by atoms with Gasteiger partial charge in [-0.05, 0) is 12.8 Å². The summed E-state index contributed by atoms with van der Waals surface area (Å²) in [4.78, 5) is 10.7. The van der Waals surface area contributed by atoms with Crippen LogP contribution in [-0.4, -0.2) is 0 Å². The van der Waals surface area contributed by atoms with Crippen molar-refractivity contribution in [3.8, 4) is 0 Å². The second kappa shape index (κ2) is 5.68. The molecule has 1 unspecified atom stereocenters. The van der Waals surface area contributed by atoms with Crippen molar-refractivity contribution in [3.63, 3.8) is 0 Å². The van der Waals surface area contributed by atoms with Crippen LogP contribution in [0.2, 0.25) is 0 Å². The Labute approximate surface area is 85.1 Å². The van der Waals surface area contributed by atoms with Crippen LogP contribution in [0.25, 0.3) is 0 Å². The summed E-state index contributed by atoms with van der Waals surface area (Å²) in [5, 5.41) is 0. The minimum absolute atomic E-state index is 0.233. The van der Waals surface area contributed by atoms with Crippen LogP contribution in [0, 0.1) is 12.8 Å². The van der Waals surface area contributed by atoms with E-state index in [9.17, 15) is 4.79 Å². The fourth-order valence-electron chi connectivity index (χ4n) is 1.07. The summed E-state index contributed by atoms with van der Waals surface area (Å²) in [6.45, 7) is 11.9. The van der Waals surface area contributed by atoms with Crippen LogP contribution in [0.1, 0.15) is 52.1 Å². The van der Waals surface area contributed by atoms with Crippen molar-refractivity contribution in [2.45, 2.75) is 47.5 Å². The molecule has 82 valence electrons. The molecule has 0 aliphatic carbocycles. The van der Waals surface area contributed by atoms with Crippen molar-refractivity contribution in [1.29, 1.82) is 0 Å². The van der Waals surface area contributed by atoms with E-state index < -0.39 is 5.82 Å². The van der Waals surface area contributed by atoms with Gasteiger partial charge in [-0.3, -0.25) is 0 Å². The Morgan fingerprint density at radius 3 is 1.86 bits per heavy atom. The van der Waals surface area contributed by atoms with E-state index in [-0.39, 0.29) is 5.92 Å². The maximum absolute atomic E-state index is 10.7. The van der Waals surface area contributed by atoms with Crippen LogP contribution in [0.15, 0.2) is 13.6 Å². The zero-order chi connectivity index (χ0) is 11.3. The lowest BCUT2D eigenvalue weighted by Crippen LogP contribution is -2.02. The monoisotopic (exact) mass is 200 g/mol. The molecule has 0 fully saturated rings. The van der Waals surface area contributed by atoms with Gasteiger partial charge in [-0.1, -0.05) is 34.6 Å². The van der Waals surface area contributed by atoms with Gasteiger partial charge in [0.1, 0.15) is 5.76 Å². The van der Waals surface area contributed by atoms with Gasteiger partial charge in [0, 0.05) is 5.92 Å². The predicted molar refractivity (Wildman–Crippen MR) is 56.6 cm³/mol. The number of hydrogen-bond donors (Lipinski definition) is 0. The Kier molecular flexibility index (Phi) is 5.28. The van der Waals surface area contributed by atoms with Gasteiger partial charge in [0.2, 0.25) is 0 Å². The summed E-state index contributed by atoms with van der Waals surface area (Å²) in [6, 6.07) is 0. The van der Waals surface area contributed by atoms with E-state index in [1.807, 2.05) is 20.8 Å². The topological polar surface area (TPSA) is 43.4 Å². The van der Waals surface area contributed by atoms with Crippen LogP contribution in [0.3, 0.4) is 0 Å². The van der Waals surface area contributed by atoms with Crippen molar-refractivity contribution in [2.75, 3.05) is 0 Å². The lowest BCUT2D eigenvalue weighted by Gasteiger charge is -2.11. The SMILES string of the molecule is CC.Cc1oc(=O)oc1C(C)C(C)C. The van der Waals surface area contributed by atoms with Crippen molar-refractivity contribution in [1.82, 2.24) is 0 Å². The maximum Gasteiger partial charge on any atom is 0.519 e. The van der Waals surface area contributed by atoms with Gasteiger partial charge in [0.05, 0.1) is 0 Å². The van der Waals surface area contributed by atoms with Crippen molar-refractivity contribution >= 4 is 0 Å². The van der Waals surface area contributed by atoms with Crippen molar-refractivity contribution in [3.05, 3.63) is 22.1 Å². The third-order valence-corrected chi connectivity index (χ3v) is 2.19. The molecule has 0 radical (unpaired) electrons. The van der Waals surface area contributed by atoms with Crippen LogP contribution >= 0.6 is 0 Å². The van der Waals surface area contributed by atoms with E-state index in [1.165, 1.54) is 0 Å². The third kappa shape index (κ3) is 3.05. The molecule has 1 atom stereocenters. The Balaban J connectivity index is 0.000000791. The van der Waals surface area contributed by atoms with Crippen LogP contribution < -0.4 is 5.82 Å². The standard InChI is InChI=1S/C9H14O3.C2H6/c1-5(2)6(3)8-7(4)11-9(10)12-8;1-2/h5-6H,1-4H3;1-2H3. The molecule has 1 aromatic heterocycles. The first-order valence-electron chi connectivity index (χ1n) is 5.12. The normalized spacial score (nSPS) is 12.2. The molecule has 0 bridgehead atoms. The Morgan fingerprint density at radius 2 is 1.57 bits per heavy atom. The van der Waals surface area contributed by atoms with Crippen LogP contribution in [0.4, 0.5) is 0 Å². The van der Waals surface area contributed by atoms with E-state index in [2.05, 4.69) is 13.8 Å². The molecule has 1 aromatic rings. The molecule has 0 aliphatic rings. The molecular formula is C11H20O3. The highest BCUT2D eigenvalue weighted by atomic mass is 16.6. The van der Waals surface area contributed by atoms with Crippen LogP contribution in [0.5, 0.6) is 0 Å². The fourth-order valence-corrected chi connectivity index (χ4v) is 1.07. The Hall–Kier alpha value is -0.990. The van der Waals surface area contributed by atoms with Gasteiger partial charge in [-0.15, -0.1) is 0 Å². The van der Waals surface area contributed by atoms with Crippen LogP contribution in [-0.2, 0) is 0 Å². The minimum atomic E-state index is -0.602. The third-order valence-electron chi connectivity index (χ3n) is 2.19. The van der Waals surface area contributed by atoms with E-state index >= 15 is 0 Å². The smallest absolute Gasteiger partial charge is 0.396 e. The van der Waals surface area contributed by atoms with Crippen molar-refractivity contribution < 1.29 is 8.83 Å². The van der Waals surface area contributed by atoms with E-state index in [4.69, 9.17) is 8.83 Å². The molecule has 3 nitrogen and oxygen atoms in total. The van der Waals surface area contributed by atoms with Gasteiger partial charge in [0.15, 0.2) is 5.76 Å². The predicted octanol–water partition coefficient (Wildman–Crippen LogP) is 3.33. The largest absolute Gasteiger partial charge is 0.519 e. The summed E-state index contributed by atoms with van der Waals surface area (Å²) in [5.74, 6) is 1.35. The number of aryl methyl sites for hydroxylation is 1. The lowest BCUT2D eigenvalue weighted by molar-refractivity contribution is 0.350. The zero-order valence-electron chi connectivity index (χ0n) is 9.88. The van der Waals surface area contributed by atoms with Crippen molar-refractivity contribution in [2.24, 2.45) is 5.92 Å². The maximum atomic E-state index is 10.7. The molecule has 0 amide bonds. The molecule has 0 aliphatic heterocycles. The zero-order valence-corrected chi connectivity index (χ0v) is 9.88. The summed E-state index contributed by atoms with van der Waals surface area (Å²) in [6.07, 6.45) is 0. The van der Waals surface area contributed by atoms with E-state index in [0.29, 0.717) is 17.4 Å². The first-order valence-corrected chi connectivity index (χ1v) is 5.12. The minimum Gasteiger partial charge on any atom is -0.396 e. The fraction of sp³-hybridized carbons (Fsp3) is 0.727. The highest BCUT2D eigenvalue weighted by molar-refractivity contribution is 5.07. The lowest BCUT2D eigenvalue weighted by atomic mass is 9.95. The van der Waals surface area contributed by atoms with Gasteiger partial charge in [0.25, 0.3) is 0 Å². The summed E-state index contributed by atoms with van der Waals surface area (Å²) in [7, 11) is 0. The highest BCUT2D eigenvalue weighted by Crippen LogP contribution is 2.25. The quantitative estimate of drug-likeness (QED) is 0.735. The molecular weight excluding hydrogens is 180 g/mol. The molecule has 0 aromatic carbocycles. The average Bonchev–Trinajstić information content (AvgIpc) is 2.47. The van der Waals surface area contributed by atoms with E-state index in [1.54, 1.807) is 6.92 Å². The first-order chi connectivity index (χ1) is 6.52. The molecule has 0 saturated heterocycles. The molecule has 14 heavy (non-hydrogen) atoms. The average molecular weight is 200 g/mol. The first kappa shape index (κ1) is 13.0. The second-order valence-electron chi connectivity index (χ2n) is 3.41. The molecule has 1 rings (SSSR count). The van der Waals surface area contributed by atoms with Gasteiger partial charge in [-0.2, -0.15) is 0 Å². The summed E-state index contributed by atoms with van der Waals surface area (Å²) in [5.41, 5.74) is 0. The van der Waals surface area contributed by atoms with E-state index in [0.717, 1.165) is 0 Å². The summed E-state index contributed by atoms with van der Waals surface area (Å²) >= 11 is 0. The number of rotatable bonds is 2. The molecule has 1 heterocycles. The van der Waals surface area contributed by atoms with Gasteiger partial charge < -0.3 is 8.83 Å². The van der Waals surface area contributed by atoms with Gasteiger partial charge in [-0.25, -0.2) is 4.79 Å². The Morgan fingerprint density at radius 1 is 1.07 bits per heavy atom. The number of hydrogen-bond acceptors (Lipinski definition) is 3.